The summed E-state index contributed by atoms with van der Waals surface area (Å²) in [6, 6.07) is 3.82. The number of halogens is 2. The van der Waals surface area contributed by atoms with Crippen molar-refractivity contribution in [3.8, 4) is 11.6 Å². The minimum absolute atomic E-state index is 0.112. The van der Waals surface area contributed by atoms with E-state index in [2.05, 4.69) is 5.10 Å². The topological polar surface area (TPSA) is 56.6 Å². The van der Waals surface area contributed by atoms with Gasteiger partial charge in [-0.1, -0.05) is 6.07 Å². The number of para-hydroxylation sites is 1. The smallest absolute Gasteiger partial charge is 0.410 e. The minimum atomic E-state index is -0.645. The summed E-state index contributed by atoms with van der Waals surface area (Å²) in [6.07, 6.45) is 4.29. The third-order valence-corrected chi connectivity index (χ3v) is 5.66. The highest BCUT2D eigenvalue weighted by Gasteiger charge is 2.31. The number of benzene rings is 1. The molecule has 1 saturated heterocycles. The average Bonchev–Trinajstić information content (AvgIpc) is 3.05. The minimum Gasteiger partial charge on any atom is -0.473 e. The number of aromatic nitrogens is 2. The first kappa shape index (κ1) is 21.6. The van der Waals surface area contributed by atoms with Crippen molar-refractivity contribution in [3.05, 3.63) is 41.1 Å². The van der Waals surface area contributed by atoms with E-state index in [0.29, 0.717) is 38.2 Å². The number of rotatable bonds is 3. The van der Waals surface area contributed by atoms with Gasteiger partial charge in [0.2, 0.25) is 5.88 Å². The molecule has 0 unspecified atom stereocenters. The fraction of sp³-hybridized carbons (Fsp3) is 0.565. The van der Waals surface area contributed by atoms with Crippen molar-refractivity contribution in [2.24, 2.45) is 0 Å². The lowest BCUT2D eigenvalue weighted by atomic mass is 9.97. The largest absolute Gasteiger partial charge is 0.473 e. The van der Waals surface area contributed by atoms with Gasteiger partial charge in [-0.3, -0.25) is 0 Å². The molecule has 4 rings (SSSR count). The molecule has 8 heteroatoms. The van der Waals surface area contributed by atoms with Gasteiger partial charge in [0.1, 0.15) is 17.4 Å². The standard InChI is InChI=1S/C23H29F2N3O3/c1-23(2,3)31-22(29)27-13-11-15(12-14-27)30-21-16-7-4-5-10-19(16)28(26-21)20-17(24)8-6-9-18(20)25/h6,8-9,15H,4-5,7,10-14H2,1-3H3. The molecule has 2 aliphatic rings. The van der Waals surface area contributed by atoms with Crippen LogP contribution in [0.4, 0.5) is 13.6 Å². The van der Waals surface area contributed by atoms with Crippen LogP contribution in [-0.4, -0.2) is 45.6 Å². The maximum Gasteiger partial charge on any atom is 0.410 e. The van der Waals surface area contributed by atoms with Gasteiger partial charge >= 0.3 is 6.09 Å². The van der Waals surface area contributed by atoms with Gasteiger partial charge in [0, 0.05) is 31.5 Å². The van der Waals surface area contributed by atoms with Crippen LogP contribution in [0, 0.1) is 11.6 Å². The van der Waals surface area contributed by atoms with Crippen LogP contribution in [0.5, 0.6) is 5.88 Å². The number of likely N-dealkylation sites (tertiary alicyclic amines) is 1. The molecule has 2 heterocycles. The van der Waals surface area contributed by atoms with E-state index in [9.17, 15) is 13.6 Å². The van der Waals surface area contributed by atoms with E-state index in [1.165, 1.54) is 22.9 Å². The average molecular weight is 433 g/mol. The Hall–Kier alpha value is -2.64. The van der Waals surface area contributed by atoms with Gasteiger partial charge in [-0.2, -0.15) is 0 Å². The summed E-state index contributed by atoms with van der Waals surface area (Å²) in [6.45, 7) is 6.60. The molecule has 1 fully saturated rings. The highest BCUT2D eigenvalue weighted by atomic mass is 19.1. The number of carbonyl (C=O) groups is 1. The molecule has 1 aromatic carbocycles. The van der Waals surface area contributed by atoms with E-state index in [-0.39, 0.29) is 17.9 Å². The van der Waals surface area contributed by atoms with Crippen molar-refractivity contribution in [2.75, 3.05) is 13.1 Å². The van der Waals surface area contributed by atoms with Crippen molar-refractivity contribution < 1.29 is 23.0 Å². The van der Waals surface area contributed by atoms with E-state index in [1.54, 1.807) is 4.90 Å². The summed E-state index contributed by atoms with van der Waals surface area (Å²) in [4.78, 5) is 14.0. The third kappa shape index (κ3) is 4.67. The lowest BCUT2D eigenvalue weighted by Crippen LogP contribution is -2.44. The quantitative estimate of drug-likeness (QED) is 0.697. The van der Waals surface area contributed by atoms with Crippen LogP contribution in [0.25, 0.3) is 5.69 Å². The zero-order chi connectivity index (χ0) is 22.2. The second-order valence-corrected chi connectivity index (χ2v) is 9.20. The molecule has 0 spiro atoms. The number of nitrogens with zero attached hydrogens (tertiary/aromatic N) is 3. The molecule has 0 bridgehead atoms. The Morgan fingerprint density at radius 3 is 2.39 bits per heavy atom. The summed E-state index contributed by atoms with van der Waals surface area (Å²) in [7, 11) is 0. The van der Waals surface area contributed by atoms with Crippen LogP contribution in [0.1, 0.15) is 57.7 Å². The molecule has 1 amide bonds. The second-order valence-electron chi connectivity index (χ2n) is 9.20. The van der Waals surface area contributed by atoms with Crippen molar-refractivity contribution in [2.45, 2.75) is 71.0 Å². The molecule has 6 nitrogen and oxygen atoms in total. The number of piperidine rings is 1. The van der Waals surface area contributed by atoms with Gasteiger partial charge < -0.3 is 14.4 Å². The number of hydrogen-bond acceptors (Lipinski definition) is 4. The number of ether oxygens (including phenoxy) is 2. The van der Waals surface area contributed by atoms with Crippen molar-refractivity contribution in [3.63, 3.8) is 0 Å². The number of hydrogen-bond donors (Lipinski definition) is 0. The van der Waals surface area contributed by atoms with Gasteiger partial charge in [-0.15, -0.1) is 5.10 Å². The number of fused-ring (bicyclic) bond motifs is 1. The Bertz CT molecular complexity index is 939. The monoisotopic (exact) mass is 433 g/mol. The molecule has 0 saturated carbocycles. The highest BCUT2D eigenvalue weighted by Crippen LogP contribution is 2.34. The fourth-order valence-electron chi connectivity index (χ4n) is 4.18. The first-order valence-electron chi connectivity index (χ1n) is 10.9. The molecule has 0 radical (unpaired) electrons. The van der Waals surface area contributed by atoms with E-state index >= 15 is 0 Å². The number of carbonyl (C=O) groups excluding carboxylic acids is 1. The Morgan fingerprint density at radius 1 is 1.10 bits per heavy atom. The van der Waals surface area contributed by atoms with Crippen LogP contribution in [-0.2, 0) is 17.6 Å². The van der Waals surface area contributed by atoms with Crippen LogP contribution in [0.2, 0.25) is 0 Å². The van der Waals surface area contributed by atoms with Gasteiger partial charge in [0.05, 0.1) is 5.69 Å². The van der Waals surface area contributed by atoms with Gasteiger partial charge in [0.15, 0.2) is 11.6 Å². The van der Waals surface area contributed by atoms with E-state index in [4.69, 9.17) is 9.47 Å². The Kier molecular flexibility index (Phi) is 5.90. The summed E-state index contributed by atoms with van der Waals surface area (Å²) >= 11 is 0. The molecular weight excluding hydrogens is 404 g/mol. The van der Waals surface area contributed by atoms with Crippen LogP contribution in [0.3, 0.4) is 0 Å². The maximum atomic E-state index is 14.4. The first-order chi connectivity index (χ1) is 14.7. The first-order valence-corrected chi connectivity index (χ1v) is 10.9. The molecule has 1 aliphatic carbocycles. The molecule has 0 N–H and O–H groups in total. The van der Waals surface area contributed by atoms with E-state index in [1.807, 2.05) is 20.8 Å². The third-order valence-electron chi connectivity index (χ3n) is 5.66. The van der Waals surface area contributed by atoms with Crippen molar-refractivity contribution >= 4 is 6.09 Å². The molecule has 0 atom stereocenters. The molecule has 168 valence electrons. The summed E-state index contributed by atoms with van der Waals surface area (Å²) in [5.41, 5.74) is 1.06. The highest BCUT2D eigenvalue weighted by molar-refractivity contribution is 5.68. The second kappa shape index (κ2) is 8.48. The Balaban J connectivity index is 1.50. The molecule has 31 heavy (non-hydrogen) atoms. The summed E-state index contributed by atoms with van der Waals surface area (Å²) in [5.74, 6) is -0.839. The lowest BCUT2D eigenvalue weighted by Gasteiger charge is -2.33. The SMILES string of the molecule is CC(C)(C)OC(=O)N1CCC(Oc2nn(-c3c(F)cccc3F)c3c2CCCC3)CC1. The van der Waals surface area contributed by atoms with E-state index in [0.717, 1.165) is 30.5 Å². The van der Waals surface area contributed by atoms with E-state index < -0.39 is 17.2 Å². The maximum absolute atomic E-state index is 14.4. The van der Waals surface area contributed by atoms with Gasteiger partial charge in [0.25, 0.3) is 0 Å². The predicted molar refractivity (Wildman–Crippen MR) is 112 cm³/mol. The van der Waals surface area contributed by atoms with Crippen molar-refractivity contribution in [1.29, 1.82) is 0 Å². The zero-order valence-electron chi connectivity index (χ0n) is 18.3. The summed E-state index contributed by atoms with van der Waals surface area (Å²) in [5, 5.41) is 4.49. The van der Waals surface area contributed by atoms with Gasteiger partial charge in [-0.05, 0) is 58.6 Å². The lowest BCUT2D eigenvalue weighted by molar-refractivity contribution is 0.0122. The summed E-state index contributed by atoms with van der Waals surface area (Å²) < 4.78 is 41.9. The molecular formula is C23H29F2N3O3. The normalized spacial score (nSPS) is 17.4. The molecule has 1 aromatic heterocycles. The number of amides is 1. The molecule has 2 aromatic rings. The Labute approximate surface area is 181 Å². The predicted octanol–water partition coefficient (Wildman–Crippen LogP) is 4.81. The van der Waals surface area contributed by atoms with Gasteiger partial charge in [-0.25, -0.2) is 18.3 Å². The van der Waals surface area contributed by atoms with Crippen molar-refractivity contribution in [1.82, 2.24) is 14.7 Å². The Morgan fingerprint density at radius 2 is 1.74 bits per heavy atom. The molecule has 1 aliphatic heterocycles. The van der Waals surface area contributed by atoms with Crippen LogP contribution >= 0.6 is 0 Å². The van der Waals surface area contributed by atoms with Crippen LogP contribution < -0.4 is 4.74 Å². The van der Waals surface area contributed by atoms with Crippen LogP contribution in [0.15, 0.2) is 18.2 Å². The fourth-order valence-corrected chi connectivity index (χ4v) is 4.18. The zero-order valence-corrected chi connectivity index (χ0v) is 18.3.